The number of nitro groups is 1. The molecule has 0 saturated heterocycles. The summed E-state index contributed by atoms with van der Waals surface area (Å²) in [6, 6.07) is 4.61. The van der Waals surface area contributed by atoms with E-state index >= 15 is 0 Å². The van der Waals surface area contributed by atoms with Crippen LogP contribution in [0.1, 0.15) is 11.4 Å². The van der Waals surface area contributed by atoms with Gasteiger partial charge in [-0.2, -0.15) is 4.98 Å². The number of hydrogen-bond donors (Lipinski definition) is 1. The molecule has 7 heteroatoms. The molecule has 2 rings (SSSR count). The Morgan fingerprint density at radius 1 is 1.53 bits per heavy atom. The molecule has 7 nitrogen and oxygen atoms in total. The van der Waals surface area contributed by atoms with E-state index in [-0.39, 0.29) is 12.2 Å². The van der Waals surface area contributed by atoms with Crippen molar-refractivity contribution in [1.82, 2.24) is 10.1 Å². The Hall–Kier alpha value is -2.28. The van der Waals surface area contributed by atoms with Crippen molar-refractivity contribution in [3.63, 3.8) is 0 Å². The van der Waals surface area contributed by atoms with Gasteiger partial charge in [-0.3, -0.25) is 10.1 Å². The molecule has 0 aliphatic rings. The summed E-state index contributed by atoms with van der Waals surface area (Å²) >= 11 is 0. The predicted octanol–water partition coefficient (Wildman–Crippen LogP) is 1.41. The molecule has 0 aliphatic carbocycles. The minimum atomic E-state index is -0.432. The van der Waals surface area contributed by atoms with Crippen LogP contribution in [-0.4, -0.2) is 15.1 Å². The van der Waals surface area contributed by atoms with Crippen LogP contribution in [0.5, 0.6) is 0 Å². The van der Waals surface area contributed by atoms with Gasteiger partial charge in [-0.25, -0.2) is 0 Å². The van der Waals surface area contributed by atoms with Gasteiger partial charge in [0.2, 0.25) is 0 Å². The van der Waals surface area contributed by atoms with E-state index < -0.39 is 4.92 Å². The first kappa shape index (κ1) is 11.2. The maximum Gasteiger partial charge on any atom is 0.272 e. The molecule has 0 amide bonds. The van der Waals surface area contributed by atoms with E-state index in [1.54, 1.807) is 19.1 Å². The zero-order chi connectivity index (χ0) is 12.4. The van der Waals surface area contributed by atoms with Crippen molar-refractivity contribution < 1.29 is 9.45 Å². The summed E-state index contributed by atoms with van der Waals surface area (Å²) in [4.78, 5) is 14.3. The molecule has 0 saturated carbocycles. The number of rotatable bonds is 3. The van der Waals surface area contributed by atoms with Gasteiger partial charge in [0.1, 0.15) is 0 Å². The van der Waals surface area contributed by atoms with Crippen LogP contribution >= 0.6 is 0 Å². The molecule has 1 heterocycles. The van der Waals surface area contributed by atoms with Crippen LogP contribution in [0.4, 0.5) is 5.69 Å². The minimum absolute atomic E-state index is 0.0623. The lowest BCUT2D eigenvalue weighted by Gasteiger charge is -1.98. The summed E-state index contributed by atoms with van der Waals surface area (Å²) in [6.45, 7) is 1.84. The Morgan fingerprint density at radius 2 is 2.29 bits per heavy atom. The third-order valence-corrected chi connectivity index (χ3v) is 2.29. The van der Waals surface area contributed by atoms with Crippen LogP contribution in [0, 0.1) is 17.0 Å². The van der Waals surface area contributed by atoms with Gasteiger partial charge in [-0.05, 0) is 19.1 Å². The Kier molecular flexibility index (Phi) is 2.84. The van der Waals surface area contributed by atoms with E-state index in [1.807, 2.05) is 0 Å². The van der Waals surface area contributed by atoms with Crippen molar-refractivity contribution in [2.45, 2.75) is 13.5 Å². The van der Waals surface area contributed by atoms with Crippen molar-refractivity contribution >= 4 is 5.69 Å². The third-order valence-electron chi connectivity index (χ3n) is 2.29. The molecule has 0 radical (unpaired) electrons. The number of nitro benzene ring substituents is 1. The minimum Gasteiger partial charge on any atom is -0.334 e. The van der Waals surface area contributed by atoms with Gasteiger partial charge in [-0.15, -0.1) is 0 Å². The van der Waals surface area contributed by atoms with Gasteiger partial charge in [0.25, 0.3) is 11.6 Å². The highest BCUT2D eigenvalue weighted by molar-refractivity contribution is 5.58. The number of nitrogens with two attached hydrogens (primary N) is 1. The zero-order valence-corrected chi connectivity index (χ0v) is 9.08. The molecule has 0 spiro atoms. The van der Waals surface area contributed by atoms with Gasteiger partial charge in [-0.1, -0.05) is 5.16 Å². The molecule has 88 valence electrons. The summed E-state index contributed by atoms with van der Waals surface area (Å²) in [7, 11) is 0. The molecule has 2 N–H and O–H groups in total. The first-order chi connectivity index (χ1) is 8.11. The summed E-state index contributed by atoms with van der Waals surface area (Å²) in [5, 5.41) is 14.3. The van der Waals surface area contributed by atoms with Crippen LogP contribution in [0.3, 0.4) is 0 Å². The van der Waals surface area contributed by atoms with Crippen molar-refractivity contribution in [1.29, 1.82) is 0 Å². The second kappa shape index (κ2) is 4.30. The molecule has 0 bridgehead atoms. The molecular formula is C10H10N4O3. The molecule has 1 aromatic carbocycles. The standard InChI is InChI=1S/C10H10N4O3/c1-6-4-7(2-3-8(6)14(15)16)10-12-9(5-11)13-17-10/h2-4H,5,11H2,1H3. The largest absolute Gasteiger partial charge is 0.334 e. The average Bonchev–Trinajstić information content (AvgIpc) is 2.76. The lowest BCUT2D eigenvalue weighted by Crippen LogP contribution is -1.97. The van der Waals surface area contributed by atoms with Gasteiger partial charge in [0, 0.05) is 17.2 Å². The zero-order valence-electron chi connectivity index (χ0n) is 9.08. The molecule has 2 aromatic rings. The Labute approximate surface area is 96.4 Å². The monoisotopic (exact) mass is 234 g/mol. The number of hydrogen-bond acceptors (Lipinski definition) is 6. The van der Waals surface area contributed by atoms with Crippen molar-refractivity contribution in [3.8, 4) is 11.5 Å². The van der Waals surface area contributed by atoms with Crippen LogP contribution in [0.25, 0.3) is 11.5 Å². The Bertz CT molecular complexity index is 564. The maximum absolute atomic E-state index is 10.7. The topological polar surface area (TPSA) is 108 Å². The molecule has 17 heavy (non-hydrogen) atoms. The fourth-order valence-corrected chi connectivity index (χ4v) is 1.45. The number of benzene rings is 1. The quantitative estimate of drug-likeness (QED) is 0.635. The van der Waals surface area contributed by atoms with E-state index in [2.05, 4.69) is 10.1 Å². The maximum atomic E-state index is 10.7. The van der Waals surface area contributed by atoms with E-state index in [4.69, 9.17) is 10.3 Å². The highest BCUT2D eigenvalue weighted by atomic mass is 16.6. The number of aryl methyl sites for hydroxylation is 1. The van der Waals surface area contributed by atoms with Crippen LogP contribution < -0.4 is 5.73 Å². The first-order valence-electron chi connectivity index (χ1n) is 4.90. The molecular weight excluding hydrogens is 224 g/mol. The lowest BCUT2D eigenvalue weighted by atomic mass is 10.1. The smallest absolute Gasteiger partial charge is 0.272 e. The van der Waals surface area contributed by atoms with Gasteiger partial charge in [0.05, 0.1) is 11.5 Å². The average molecular weight is 234 g/mol. The van der Waals surface area contributed by atoms with Crippen molar-refractivity contribution in [2.24, 2.45) is 5.73 Å². The fraction of sp³-hybridized carbons (Fsp3) is 0.200. The van der Waals surface area contributed by atoms with E-state index in [0.29, 0.717) is 22.8 Å². The molecule has 0 atom stereocenters. The van der Waals surface area contributed by atoms with E-state index in [1.165, 1.54) is 6.07 Å². The third kappa shape index (κ3) is 2.13. The summed E-state index contributed by atoms with van der Waals surface area (Å²) in [5.41, 5.74) is 6.60. The van der Waals surface area contributed by atoms with Crippen molar-refractivity contribution in [2.75, 3.05) is 0 Å². The second-order valence-electron chi connectivity index (χ2n) is 3.48. The van der Waals surface area contributed by atoms with Crippen LogP contribution in [-0.2, 0) is 6.54 Å². The Morgan fingerprint density at radius 3 is 2.82 bits per heavy atom. The van der Waals surface area contributed by atoms with E-state index in [0.717, 1.165) is 0 Å². The molecule has 0 aliphatic heterocycles. The van der Waals surface area contributed by atoms with Crippen LogP contribution in [0.2, 0.25) is 0 Å². The SMILES string of the molecule is Cc1cc(-c2nc(CN)no2)ccc1[N+](=O)[O-]. The van der Waals surface area contributed by atoms with Gasteiger partial charge >= 0.3 is 0 Å². The second-order valence-corrected chi connectivity index (χ2v) is 3.48. The highest BCUT2D eigenvalue weighted by Gasteiger charge is 2.14. The van der Waals surface area contributed by atoms with Gasteiger partial charge < -0.3 is 10.3 Å². The number of nitrogens with zero attached hydrogens (tertiary/aromatic N) is 3. The Balaban J connectivity index is 2.40. The normalized spacial score (nSPS) is 10.5. The molecule has 0 fully saturated rings. The van der Waals surface area contributed by atoms with Crippen molar-refractivity contribution in [3.05, 3.63) is 39.7 Å². The van der Waals surface area contributed by atoms with Crippen LogP contribution in [0.15, 0.2) is 22.7 Å². The number of aromatic nitrogens is 2. The summed E-state index contributed by atoms with van der Waals surface area (Å²) < 4.78 is 4.99. The highest BCUT2D eigenvalue weighted by Crippen LogP contribution is 2.24. The predicted molar refractivity (Wildman–Crippen MR) is 59.0 cm³/mol. The first-order valence-corrected chi connectivity index (χ1v) is 4.90. The molecule has 0 unspecified atom stereocenters. The summed E-state index contributed by atoms with van der Waals surface area (Å²) in [5.74, 6) is 0.708. The fourth-order valence-electron chi connectivity index (χ4n) is 1.45. The van der Waals surface area contributed by atoms with Gasteiger partial charge in [0.15, 0.2) is 5.82 Å². The lowest BCUT2D eigenvalue weighted by molar-refractivity contribution is -0.385. The summed E-state index contributed by atoms with van der Waals surface area (Å²) in [6.07, 6.45) is 0. The molecule has 1 aromatic heterocycles. The van der Waals surface area contributed by atoms with E-state index in [9.17, 15) is 10.1 Å².